The summed E-state index contributed by atoms with van der Waals surface area (Å²) < 4.78 is 0. The molecule has 0 aromatic heterocycles. The predicted octanol–water partition coefficient (Wildman–Crippen LogP) is 2.41. The molecule has 2 amide bonds. The summed E-state index contributed by atoms with van der Waals surface area (Å²) in [5.74, 6) is 0.104. The van der Waals surface area contributed by atoms with Gasteiger partial charge in [0, 0.05) is 24.6 Å². The number of rotatable bonds is 5. The molecule has 2 N–H and O–H groups in total. The van der Waals surface area contributed by atoms with Gasteiger partial charge in [0.2, 0.25) is 5.91 Å². The van der Waals surface area contributed by atoms with E-state index in [9.17, 15) is 9.59 Å². The Morgan fingerprint density at radius 1 is 1.24 bits per heavy atom. The largest absolute Gasteiger partial charge is 0.352 e. The first-order valence-corrected chi connectivity index (χ1v) is 7.50. The Labute approximate surface area is 125 Å². The number of carbonyl (C=O) groups excluding carboxylic acids is 2. The van der Waals surface area contributed by atoms with Gasteiger partial charge in [-0.05, 0) is 43.9 Å². The summed E-state index contributed by atoms with van der Waals surface area (Å²) in [4.78, 5) is 23.8. The summed E-state index contributed by atoms with van der Waals surface area (Å²) in [7, 11) is 0. The number of hydrogen-bond acceptors (Lipinski definition) is 2. The molecular formula is C17H22N2O2. The van der Waals surface area contributed by atoms with Crippen LogP contribution in [0.3, 0.4) is 0 Å². The second-order valence-corrected chi connectivity index (χ2v) is 5.26. The number of benzene rings is 1. The maximum Gasteiger partial charge on any atom is 0.251 e. The zero-order valence-electron chi connectivity index (χ0n) is 12.4. The molecule has 0 heterocycles. The Kier molecular flexibility index (Phi) is 5.55. The summed E-state index contributed by atoms with van der Waals surface area (Å²) >= 11 is 0. The molecule has 4 nitrogen and oxygen atoms in total. The third kappa shape index (κ3) is 4.45. The van der Waals surface area contributed by atoms with Crippen molar-refractivity contribution in [2.75, 3.05) is 6.54 Å². The monoisotopic (exact) mass is 286 g/mol. The fraction of sp³-hybridized carbons (Fsp3) is 0.412. The van der Waals surface area contributed by atoms with Crippen molar-refractivity contribution in [3.05, 3.63) is 47.5 Å². The third-order valence-electron chi connectivity index (χ3n) is 3.63. The van der Waals surface area contributed by atoms with Gasteiger partial charge in [0.05, 0.1) is 0 Å². The van der Waals surface area contributed by atoms with E-state index in [0.29, 0.717) is 18.7 Å². The molecule has 0 radical (unpaired) electrons. The van der Waals surface area contributed by atoms with Gasteiger partial charge in [0.1, 0.15) is 0 Å². The average Bonchev–Trinajstić information content (AvgIpc) is 2.54. The van der Waals surface area contributed by atoms with E-state index in [4.69, 9.17) is 0 Å². The minimum absolute atomic E-state index is 0.0805. The van der Waals surface area contributed by atoms with Gasteiger partial charge in [-0.2, -0.15) is 0 Å². The van der Waals surface area contributed by atoms with Crippen molar-refractivity contribution in [2.45, 2.75) is 32.7 Å². The molecule has 112 valence electrons. The summed E-state index contributed by atoms with van der Waals surface area (Å²) in [5, 5.41) is 5.73. The summed E-state index contributed by atoms with van der Waals surface area (Å²) in [6, 6.07) is 7.37. The van der Waals surface area contributed by atoms with Crippen LogP contribution in [0.1, 0.15) is 42.1 Å². The van der Waals surface area contributed by atoms with Crippen molar-refractivity contribution in [1.29, 1.82) is 0 Å². The molecule has 1 aliphatic rings. The van der Waals surface area contributed by atoms with Gasteiger partial charge in [-0.25, -0.2) is 0 Å². The molecule has 0 bridgehead atoms. The van der Waals surface area contributed by atoms with Gasteiger partial charge in [0.15, 0.2) is 0 Å². The summed E-state index contributed by atoms with van der Waals surface area (Å²) in [6.07, 6.45) is 6.92. The first-order chi connectivity index (χ1) is 10.2. The lowest BCUT2D eigenvalue weighted by Gasteiger charge is -2.17. The van der Waals surface area contributed by atoms with E-state index in [-0.39, 0.29) is 17.7 Å². The molecule has 0 saturated carbocycles. The van der Waals surface area contributed by atoms with Crippen LogP contribution >= 0.6 is 0 Å². The van der Waals surface area contributed by atoms with Crippen molar-refractivity contribution < 1.29 is 9.59 Å². The summed E-state index contributed by atoms with van der Waals surface area (Å²) in [5.41, 5.74) is 1.57. The number of nitrogens with one attached hydrogen (secondary N) is 2. The van der Waals surface area contributed by atoms with Crippen LogP contribution in [-0.2, 0) is 11.3 Å². The molecule has 1 unspecified atom stereocenters. The molecule has 1 aromatic rings. The quantitative estimate of drug-likeness (QED) is 0.817. The zero-order valence-corrected chi connectivity index (χ0v) is 12.4. The zero-order chi connectivity index (χ0) is 15.1. The number of carbonyl (C=O) groups is 2. The molecule has 4 heteroatoms. The van der Waals surface area contributed by atoms with Crippen LogP contribution in [0, 0.1) is 5.92 Å². The van der Waals surface area contributed by atoms with E-state index in [1.807, 2.05) is 25.1 Å². The van der Waals surface area contributed by atoms with Crippen molar-refractivity contribution >= 4 is 11.8 Å². The molecule has 0 saturated heterocycles. The van der Waals surface area contributed by atoms with Crippen LogP contribution < -0.4 is 10.6 Å². The van der Waals surface area contributed by atoms with E-state index < -0.39 is 0 Å². The van der Waals surface area contributed by atoms with Gasteiger partial charge in [-0.15, -0.1) is 0 Å². The molecule has 0 spiro atoms. The molecule has 1 aromatic carbocycles. The fourth-order valence-corrected chi connectivity index (χ4v) is 2.45. The molecule has 2 rings (SSSR count). The highest BCUT2D eigenvalue weighted by molar-refractivity contribution is 5.94. The maximum absolute atomic E-state index is 12.1. The second-order valence-electron chi connectivity index (χ2n) is 5.26. The Bertz CT molecular complexity index is 537. The molecule has 1 aliphatic carbocycles. The first-order valence-electron chi connectivity index (χ1n) is 7.50. The smallest absolute Gasteiger partial charge is 0.251 e. The maximum atomic E-state index is 12.1. The van der Waals surface area contributed by atoms with Crippen molar-refractivity contribution in [2.24, 2.45) is 5.92 Å². The lowest BCUT2D eigenvalue weighted by Crippen LogP contribution is -2.30. The van der Waals surface area contributed by atoms with Crippen LogP contribution in [0.25, 0.3) is 0 Å². The van der Waals surface area contributed by atoms with Gasteiger partial charge in [-0.1, -0.05) is 24.3 Å². The first kappa shape index (κ1) is 15.3. The van der Waals surface area contributed by atoms with E-state index >= 15 is 0 Å². The minimum atomic E-state index is -0.0805. The van der Waals surface area contributed by atoms with Crippen LogP contribution in [0.15, 0.2) is 36.4 Å². The van der Waals surface area contributed by atoms with Crippen molar-refractivity contribution in [3.8, 4) is 0 Å². The lowest BCUT2D eigenvalue weighted by molar-refractivity contribution is -0.125. The Morgan fingerprint density at radius 2 is 2.10 bits per heavy atom. The Balaban J connectivity index is 1.90. The van der Waals surface area contributed by atoms with Crippen molar-refractivity contribution in [3.63, 3.8) is 0 Å². The lowest BCUT2D eigenvalue weighted by atomic mass is 9.93. The normalized spacial score (nSPS) is 17.3. The second kappa shape index (κ2) is 7.62. The van der Waals surface area contributed by atoms with E-state index in [0.717, 1.165) is 24.8 Å². The van der Waals surface area contributed by atoms with Crippen molar-refractivity contribution in [1.82, 2.24) is 10.6 Å². The number of allylic oxidation sites excluding steroid dienone is 2. The van der Waals surface area contributed by atoms with Crippen LogP contribution in [0.2, 0.25) is 0 Å². The SMILES string of the molecule is CCNC(=O)c1cccc(CNC(=O)C2CC=CCC2)c1. The van der Waals surface area contributed by atoms with Crippen LogP contribution in [0.4, 0.5) is 0 Å². The minimum Gasteiger partial charge on any atom is -0.352 e. The molecule has 0 fully saturated rings. The Hall–Kier alpha value is -2.10. The van der Waals surface area contributed by atoms with E-state index in [2.05, 4.69) is 22.8 Å². The Morgan fingerprint density at radius 3 is 2.81 bits per heavy atom. The molecular weight excluding hydrogens is 264 g/mol. The number of hydrogen-bond donors (Lipinski definition) is 2. The molecule has 21 heavy (non-hydrogen) atoms. The van der Waals surface area contributed by atoms with Gasteiger partial charge < -0.3 is 10.6 Å². The molecule has 0 aliphatic heterocycles. The predicted molar refractivity (Wildman–Crippen MR) is 82.8 cm³/mol. The summed E-state index contributed by atoms with van der Waals surface area (Å²) in [6.45, 7) is 2.96. The van der Waals surface area contributed by atoms with Crippen LogP contribution in [0.5, 0.6) is 0 Å². The highest BCUT2D eigenvalue weighted by Crippen LogP contribution is 2.18. The topological polar surface area (TPSA) is 58.2 Å². The number of amides is 2. The van der Waals surface area contributed by atoms with Crippen LogP contribution in [-0.4, -0.2) is 18.4 Å². The van der Waals surface area contributed by atoms with Gasteiger partial charge >= 0.3 is 0 Å². The highest BCUT2D eigenvalue weighted by Gasteiger charge is 2.18. The van der Waals surface area contributed by atoms with E-state index in [1.165, 1.54) is 0 Å². The van der Waals surface area contributed by atoms with Gasteiger partial charge in [0.25, 0.3) is 5.91 Å². The van der Waals surface area contributed by atoms with Gasteiger partial charge in [-0.3, -0.25) is 9.59 Å². The average molecular weight is 286 g/mol. The standard InChI is InChI=1S/C17H22N2O2/c1-2-18-17(21)15-10-6-7-13(11-15)12-19-16(20)14-8-4-3-5-9-14/h3-4,6-7,10-11,14H,2,5,8-9,12H2,1H3,(H,18,21)(H,19,20). The fourth-order valence-electron chi connectivity index (χ4n) is 2.45. The third-order valence-corrected chi connectivity index (χ3v) is 3.63. The molecule has 1 atom stereocenters. The highest BCUT2D eigenvalue weighted by atomic mass is 16.2. The van der Waals surface area contributed by atoms with E-state index in [1.54, 1.807) is 6.07 Å².